The highest BCUT2D eigenvalue weighted by molar-refractivity contribution is 9.10. The maximum Gasteiger partial charge on any atom is 0.133 e. The number of phenolic OH excluding ortho intramolecular Hbond substituents is 1. The molecule has 1 N–H and O–H groups in total. The first-order valence-corrected chi connectivity index (χ1v) is 6.84. The van der Waals surface area contributed by atoms with Crippen LogP contribution in [0.3, 0.4) is 0 Å². The predicted molar refractivity (Wildman–Crippen MR) is 73.1 cm³/mol. The molecule has 0 aliphatic carbocycles. The Morgan fingerprint density at radius 1 is 1.31 bits per heavy atom. The molecule has 0 spiro atoms. The molecule has 0 heterocycles. The highest BCUT2D eigenvalue weighted by Gasteiger charge is 2.13. The Labute approximate surface area is 107 Å². The molecule has 0 aliphatic heterocycles. The average molecular weight is 285 g/mol. The maximum absolute atomic E-state index is 10.0. The molecule has 0 radical (unpaired) electrons. The lowest BCUT2D eigenvalue weighted by molar-refractivity contribution is 0.454. The number of halogens is 1. The minimum Gasteiger partial charge on any atom is -0.506 e. The molecule has 90 valence electrons. The monoisotopic (exact) mass is 284 g/mol. The molecule has 1 aromatic rings. The first kappa shape index (κ1) is 13.6. The van der Waals surface area contributed by atoms with Gasteiger partial charge in [-0.15, -0.1) is 0 Å². The Kier molecular flexibility index (Phi) is 5.33. The third kappa shape index (κ3) is 3.51. The zero-order valence-electron chi connectivity index (χ0n) is 10.4. The Hall–Kier alpha value is -0.500. The molecule has 0 aliphatic rings. The van der Waals surface area contributed by atoms with Crippen molar-refractivity contribution in [2.45, 2.75) is 52.4 Å². The molecule has 1 nitrogen and oxygen atoms in total. The number of rotatable bonds is 5. The van der Waals surface area contributed by atoms with Crippen molar-refractivity contribution in [1.29, 1.82) is 0 Å². The number of phenols is 1. The number of hydrogen-bond acceptors (Lipinski definition) is 1. The van der Waals surface area contributed by atoms with Gasteiger partial charge in [-0.05, 0) is 52.4 Å². The van der Waals surface area contributed by atoms with Gasteiger partial charge in [-0.1, -0.05) is 39.2 Å². The summed E-state index contributed by atoms with van der Waals surface area (Å²) >= 11 is 3.40. The molecule has 0 saturated heterocycles. The van der Waals surface area contributed by atoms with E-state index in [9.17, 15) is 5.11 Å². The fourth-order valence-corrected chi connectivity index (χ4v) is 2.58. The second-order valence-electron chi connectivity index (χ2n) is 4.58. The fraction of sp³-hybridized carbons (Fsp3) is 0.571. The molecule has 0 saturated carbocycles. The smallest absolute Gasteiger partial charge is 0.133 e. The zero-order valence-corrected chi connectivity index (χ0v) is 12.0. The van der Waals surface area contributed by atoms with Gasteiger partial charge in [-0.3, -0.25) is 0 Å². The van der Waals surface area contributed by atoms with Crippen LogP contribution < -0.4 is 0 Å². The van der Waals surface area contributed by atoms with Gasteiger partial charge in [0.15, 0.2) is 0 Å². The molecule has 1 aromatic carbocycles. The number of aryl methyl sites for hydroxylation is 1. The van der Waals surface area contributed by atoms with Crippen LogP contribution in [0.25, 0.3) is 0 Å². The van der Waals surface area contributed by atoms with E-state index >= 15 is 0 Å². The van der Waals surface area contributed by atoms with Crippen LogP contribution in [0.2, 0.25) is 0 Å². The van der Waals surface area contributed by atoms with Gasteiger partial charge in [-0.25, -0.2) is 0 Å². The lowest BCUT2D eigenvalue weighted by Gasteiger charge is -2.15. The number of benzene rings is 1. The Balaban J connectivity index is 2.78. The zero-order chi connectivity index (χ0) is 12.1. The Bertz CT molecular complexity index is 347. The first-order chi connectivity index (χ1) is 7.56. The first-order valence-electron chi connectivity index (χ1n) is 6.05. The van der Waals surface area contributed by atoms with Gasteiger partial charge < -0.3 is 5.11 Å². The van der Waals surface area contributed by atoms with E-state index in [0.29, 0.717) is 11.7 Å². The van der Waals surface area contributed by atoms with E-state index in [2.05, 4.69) is 42.8 Å². The Morgan fingerprint density at radius 2 is 2.00 bits per heavy atom. The van der Waals surface area contributed by atoms with Crippen molar-refractivity contribution >= 4 is 15.9 Å². The van der Waals surface area contributed by atoms with Gasteiger partial charge in [-0.2, -0.15) is 0 Å². The molecule has 1 atom stereocenters. The summed E-state index contributed by atoms with van der Waals surface area (Å²) in [5, 5.41) is 10.0. The molecule has 16 heavy (non-hydrogen) atoms. The van der Waals surface area contributed by atoms with Gasteiger partial charge in [0.05, 0.1) is 4.47 Å². The third-order valence-corrected chi connectivity index (χ3v) is 3.61. The van der Waals surface area contributed by atoms with Crippen LogP contribution in [0.5, 0.6) is 5.75 Å². The van der Waals surface area contributed by atoms with Crippen molar-refractivity contribution in [2.24, 2.45) is 0 Å². The van der Waals surface area contributed by atoms with Crippen LogP contribution in [0.1, 0.15) is 56.6 Å². The van der Waals surface area contributed by atoms with Crippen LogP contribution in [0.15, 0.2) is 16.6 Å². The second-order valence-corrected chi connectivity index (χ2v) is 5.44. The van der Waals surface area contributed by atoms with Crippen molar-refractivity contribution in [3.05, 3.63) is 27.7 Å². The van der Waals surface area contributed by atoms with Crippen LogP contribution >= 0.6 is 15.9 Å². The largest absolute Gasteiger partial charge is 0.506 e. The molecule has 0 aromatic heterocycles. The normalized spacial score (nSPS) is 12.8. The van der Waals surface area contributed by atoms with Crippen molar-refractivity contribution in [3.63, 3.8) is 0 Å². The van der Waals surface area contributed by atoms with E-state index in [1.165, 1.54) is 24.8 Å². The summed E-state index contributed by atoms with van der Waals surface area (Å²) in [4.78, 5) is 0. The average Bonchev–Trinajstić information content (AvgIpc) is 2.23. The summed E-state index contributed by atoms with van der Waals surface area (Å²) in [6.45, 7) is 6.47. The lowest BCUT2D eigenvalue weighted by Crippen LogP contribution is -1.96. The minimum atomic E-state index is 0.412. The second kappa shape index (κ2) is 6.29. The van der Waals surface area contributed by atoms with E-state index < -0.39 is 0 Å². The van der Waals surface area contributed by atoms with Crippen LogP contribution in [-0.4, -0.2) is 5.11 Å². The van der Waals surface area contributed by atoms with Gasteiger partial charge in [0.1, 0.15) is 5.75 Å². The molecule has 0 amide bonds. The molecule has 0 fully saturated rings. The number of hydrogen-bond donors (Lipinski definition) is 1. The minimum absolute atomic E-state index is 0.412. The Morgan fingerprint density at radius 3 is 2.62 bits per heavy atom. The van der Waals surface area contributed by atoms with Gasteiger partial charge in [0.2, 0.25) is 0 Å². The van der Waals surface area contributed by atoms with E-state index in [1.54, 1.807) is 0 Å². The van der Waals surface area contributed by atoms with E-state index in [-0.39, 0.29) is 0 Å². The van der Waals surface area contributed by atoms with Crippen LogP contribution in [0, 0.1) is 6.92 Å². The molecule has 0 bridgehead atoms. The van der Waals surface area contributed by atoms with Crippen molar-refractivity contribution < 1.29 is 5.11 Å². The van der Waals surface area contributed by atoms with Crippen molar-refractivity contribution in [2.75, 3.05) is 0 Å². The van der Waals surface area contributed by atoms with Crippen LogP contribution in [0.4, 0.5) is 0 Å². The summed E-state index contributed by atoms with van der Waals surface area (Å²) in [5.74, 6) is 0.845. The SMILES string of the molecule is CCCCCC(C)c1cc(C)cc(Br)c1O. The molecule has 1 unspecified atom stereocenters. The molecular weight excluding hydrogens is 264 g/mol. The van der Waals surface area contributed by atoms with Gasteiger partial charge in [0.25, 0.3) is 0 Å². The highest BCUT2D eigenvalue weighted by Crippen LogP contribution is 2.36. The summed E-state index contributed by atoms with van der Waals surface area (Å²) in [6, 6.07) is 4.05. The van der Waals surface area contributed by atoms with Crippen molar-refractivity contribution in [3.8, 4) is 5.75 Å². The highest BCUT2D eigenvalue weighted by atomic mass is 79.9. The summed E-state index contributed by atoms with van der Waals surface area (Å²) in [5.41, 5.74) is 2.27. The summed E-state index contributed by atoms with van der Waals surface area (Å²) in [7, 11) is 0. The predicted octanol–water partition coefficient (Wildman–Crippen LogP) is 5.15. The van der Waals surface area contributed by atoms with Crippen molar-refractivity contribution in [1.82, 2.24) is 0 Å². The summed E-state index contributed by atoms with van der Waals surface area (Å²) < 4.78 is 0.810. The topological polar surface area (TPSA) is 20.2 Å². The molecule has 2 heteroatoms. The standard InChI is InChI=1S/C14H21BrO/c1-4-5-6-7-11(3)12-8-10(2)9-13(15)14(12)16/h8-9,11,16H,4-7H2,1-3H3. The van der Waals surface area contributed by atoms with E-state index in [1.807, 2.05) is 6.07 Å². The number of aromatic hydroxyl groups is 1. The number of unbranched alkanes of at least 4 members (excludes halogenated alkanes) is 2. The lowest BCUT2D eigenvalue weighted by atomic mass is 9.93. The molecular formula is C14H21BrO. The third-order valence-electron chi connectivity index (χ3n) is 3.01. The van der Waals surface area contributed by atoms with Gasteiger partial charge >= 0.3 is 0 Å². The maximum atomic E-state index is 10.0. The van der Waals surface area contributed by atoms with E-state index in [4.69, 9.17) is 0 Å². The fourth-order valence-electron chi connectivity index (χ4n) is 1.99. The van der Waals surface area contributed by atoms with E-state index in [0.717, 1.165) is 16.5 Å². The molecule has 1 rings (SSSR count). The van der Waals surface area contributed by atoms with Crippen LogP contribution in [-0.2, 0) is 0 Å². The summed E-state index contributed by atoms with van der Waals surface area (Å²) in [6.07, 6.45) is 4.91. The quantitative estimate of drug-likeness (QED) is 0.742. The van der Waals surface area contributed by atoms with Gasteiger partial charge in [0, 0.05) is 0 Å².